The molecule has 8 nitrogen and oxygen atoms in total. The van der Waals surface area contributed by atoms with Crippen molar-refractivity contribution in [3.8, 4) is 22.6 Å². The summed E-state index contributed by atoms with van der Waals surface area (Å²) in [6, 6.07) is 15.0. The number of carbonyl (C=O) groups excluding carboxylic acids is 1. The number of para-hydroxylation sites is 1. The van der Waals surface area contributed by atoms with Crippen LogP contribution in [-0.4, -0.2) is 31.1 Å². The van der Waals surface area contributed by atoms with Crippen molar-refractivity contribution in [2.24, 2.45) is 0 Å². The predicted molar refractivity (Wildman–Crippen MR) is 124 cm³/mol. The molecular formula is C24H20N6O2. The number of hydrogen-bond donors (Lipinski definition) is 3. The highest BCUT2D eigenvalue weighted by Gasteiger charge is 2.14. The Kier molecular flexibility index (Phi) is 4.95. The van der Waals surface area contributed by atoms with E-state index in [2.05, 4.69) is 30.5 Å². The third-order valence-corrected chi connectivity index (χ3v) is 5.24. The number of nitrogens with zero attached hydrogens (tertiary/aromatic N) is 3. The maximum atomic E-state index is 12.5. The van der Waals surface area contributed by atoms with Crippen LogP contribution < -0.4 is 10.9 Å². The van der Waals surface area contributed by atoms with Crippen LogP contribution >= 0.6 is 0 Å². The molecule has 0 aliphatic carbocycles. The summed E-state index contributed by atoms with van der Waals surface area (Å²) < 4.78 is 0. The summed E-state index contributed by atoms with van der Waals surface area (Å²) in [5.41, 5.74) is 4.19. The zero-order valence-corrected chi connectivity index (χ0v) is 17.3. The van der Waals surface area contributed by atoms with E-state index in [1.54, 1.807) is 18.5 Å². The molecule has 3 N–H and O–H groups in total. The Balaban J connectivity index is 1.57. The van der Waals surface area contributed by atoms with Crippen molar-refractivity contribution in [1.29, 1.82) is 0 Å². The van der Waals surface area contributed by atoms with Gasteiger partial charge in [-0.15, -0.1) is 0 Å². The van der Waals surface area contributed by atoms with Crippen LogP contribution in [0, 0.1) is 0 Å². The highest BCUT2D eigenvalue weighted by Crippen LogP contribution is 2.30. The van der Waals surface area contributed by atoms with E-state index >= 15 is 0 Å². The van der Waals surface area contributed by atoms with Gasteiger partial charge in [0.15, 0.2) is 5.82 Å². The number of rotatable bonds is 5. The Morgan fingerprint density at radius 3 is 2.75 bits per heavy atom. The molecule has 0 atom stereocenters. The fourth-order valence-corrected chi connectivity index (χ4v) is 3.70. The van der Waals surface area contributed by atoms with E-state index in [1.807, 2.05) is 49.4 Å². The first-order chi connectivity index (χ1) is 15.6. The lowest BCUT2D eigenvalue weighted by Gasteiger charge is -2.07. The monoisotopic (exact) mass is 424 g/mol. The van der Waals surface area contributed by atoms with Crippen molar-refractivity contribution in [3.63, 3.8) is 0 Å². The molecule has 0 aliphatic heterocycles. The molecule has 3 heterocycles. The summed E-state index contributed by atoms with van der Waals surface area (Å²) in [4.78, 5) is 36.1. The van der Waals surface area contributed by atoms with Crippen molar-refractivity contribution in [2.45, 2.75) is 19.8 Å². The second-order valence-electron chi connectivity index (χ2n) is 7.53. The molecule has 0 fully saturated rings. The van der Waals surface area contributed by atoms with Crippen LogP contribution in [0.1, 0.15) is 19.8 Å². The van der Waals surface area contributed by atoms with E-state index in [9.17, 15) is 9.59 Å². The number of fused-ring (bicyclic) bond motifs is 2. The van der Waals surface area contributed by atoms with Crippen molar-refractivity contribution in [1.82, 2.24) is 25.1 Å². The fraction of sp³-hybridized carbons (Fsp3) is 0.125. The number of aromatic amines is 2. The minimum absolute atomic E-state index is 0.0367. The summed E-state index contributed by atoms with van der Waals surface area (Å²) in [6.07, 6.45) is 4.62. The van der Waals surface area contributed by atoms with E-state index < -0.39 is 0 Å². The fourth-order valence-electron chi connectivity index (χ4n) is 3.70. The van der Waals surface area contributed by atoms with Crippen LogP contribution in [0.3, 0.4) is 0 Å². The predicted octanol–water partition coefficient (Wildman–Crippen LogP) is 4.27. The molecule has 32 heavy (non-hydrogen) atoms. The van der Waals surface area contributed by atoms with E-state index in [1.165, 1.54) is 0 Å². The topological polar surface area (TPSA) is 116 Å². The van der Waals surface area contributed by atoms with Crippen LogP contribution in [-0.2, 0) is 4.79 Å². The summed E-state index contributed by atoms with van der Waals surface area (Å²) in [5.74, 6) is 0.362. The molecular weight excluding hydrogens is 404 g/mol. The zero-order chi connectivity index (χ0) is 22.1. The largest absolute Gasteiger partial charge is 0.338 e. The van der Waals surface area contributed by atoms with Gasteiger partial charge in [-0.2, -0.15) is 10.1 Å². The number of hydrogen-bond acceptors (Lipinski definition) is 5. The number of amides is 1. The van der Waals surface area contributed by atoms with Gasteiger partial charge in [0.1, 0.15) is 5.69 Å². The molecule has 0 saturated heterocycles. The van der Waals surface area contributed by atoms with Gasteiger partial charge in [0.05, 0.1) is 28.3 Å². The van der Waals surface area contributed by atoms with E-state index in [0.29, 0.717) is 34.5 Å². The molecule has 1 amide bonds. The number of aromatic nitrogens is 5. The van der Waals surface area contributed by atoms with E-state index in [4.69, 9.17) is 0 Å². The Morgan fingerprint density at radius 1 is 1.00 bits per heavy atom. The Hall–Kier alpha value is -4.33. The number of carbonyl (C=O) groups is 1. The SMILES string of the molecule is CCCC(=O)Nc1cncc(-c2ccc3[nH]nc(-c4nc(=O)c5ccccc5[nH]4)c3c2)c1. The first-order valence-electron chi connectivity index (χ1n) is 10.3. The van der Waals surface area contributed by atoms with Gasteiger partial charge in [0, 0.05) is 23.6 Å². The number of nitrogens with one attached hydrogen (secondary N) is 3. The van der Waals surface area contributed by atoms with Crippen molar-refractivity contribution < 1.29 is 4.79 Å². The Bertz CT molecular complexity index is 1520. The third-order valence-electron chi connectivity index (χ3n) is 5.24. The minimum Gasteiger partial charge on any atom is -0.338 e. The number of H-pyrrole nitrogens is 2. The van der Waals surface area contributed by atoms with Gasteiger partial charge in [0.25, 0.3) is 5.56 Å². The maximum absolute atomic E-state index is 12.5. The summed E-state index contributed by atoms with van der Waals surface area (Å²) in [6.45, 7) is 1.96. The first kappa shape index (κ1) is 19.6. The highest BCUT2D eigenvalue weighted by atomic mass is 16.1. The van der Waals surface area contributed by atoms with Crippen LogP contribution in [0.4, 0.5) is 5.69 Å². The first-order valence-corrected chi connectivity index (χ1v) is 10.3. The van der Waals surface area contributed by atoms with E-state index in [0.717, 1.165) is 28.5 Å². The number of benzene rings is 2. The molecule has 0 aliphatic rings. The van der Waals surface area contributed by atoms with Crippen molar-refractivity contribution >= 4 is 33.4 Å². The smallest absolute Gasteiger partial charge is 0.281 e. The normalized spacial score (nSPS) is 11.2. The van der Waals surface area contributed by atoms with E-state index in [-0.39, 0.29) is 11.5 Å². The second-order valence-corrected chi connectivity index (χ2v) is 7.53. The second kappa shape index (κ2) is 8.07. The zero-order valence-electron chi connectivity index (χ0n) is 17.3. The lowest BCUT2D eigenvalue weighted by molar-refractivity contribution is -0.116. The molecule has 5 aromatic rings. The van der Waals surface area contributed by atoms with Crippen molar-refractivity contribution in [3.05, 3.63) is 71.3 Å². The van der Waals surface area contributed by atoms with Crippen LogP contribution in [0.25, 0.3) is 44.5 Å². The third kappa shape index (κ3) is 3.62. The van der Waals surface area contributed by atoms with Gasteiger partial charge in [-0.1, -0.05) is 25.1 Å². The molecule has 0 radical (unpaired) electrons. The van der Waals surface area contributed by atoms with Crippen LogP contribution in [0.5, 0.6) is 0 Å². The lowest BCUT2D eigenvalue weighted by Crippen LogP contribution is -2.10. The molecule has 0 spiro atoms. The minimum atomic E-state index is -0.304. The summed E-state index contributed by atoms with van der Waals surface area (Å²) >= 11 is 0. The van der Waals surface area contributed by atoms with Gasteiger partial charge in [0.2, 0.25) is 5.91 Å². The van der Waals surface area contributed by atoms with Crippen LogP contribution in [0.2, 0.25) is 0 Å². The molecule has 158 valence electrons. The highest BCUT2D eigenvalue weighted by molar-refractivity contribution is 5.95. The van der Waals surface area contributed by atoms with Gasteiger partial charge in [-0.05, 0) is 42.3 Å². The molecule has 0 saturated carbocycles. The van der Waals surface area contributed by atoms with Gasteiger partial charge in [-0.3, -0.25) is 19.7 Å². The Labute approximate surface area is 182 Å². The average molecular weight is 424 g/mol. The molecule has 5 rings (SSSR count). The molecule has 3 aromatic heterocycles. The van der Waals surface area contributed by atoms with Gasteiger partial charge in [-0.25, -0.2) is 0 Å². The summed E-state index contributed by atoms with van der Waals surface area (Å²) in [5, 5.41) is 11.6. The number of pyridine rings is 1. The maximum Gasteiger partial charge on any atom is 0.281 e. The van der Waals surface area contributed by atoms with Gasteiger partial charge < -0.3 is 10.3 Å². The molecule has 8 heteroatoms. The molecule has 2 aromatic carbocycles. The molecule has 0 unspecified atom stereocenters. The number of anilines is 1. The Morgan fingerprint density at radius 2 is 1.88 bits per heavy atom. The lowest BCUT2D eigenvalue weighted by atomic mass is 10.0. The summed E-state index contributed by atoms with van der Waals surface area (Å²) in [7, 11) is 0. The average Bonchev–Trinajstić information content (AvgIpc) is 3.23. The van der Waals surface area contributed by atoms with Gasteiger partial charge >= 0.3 is 0 Å². The van der Waals surface area contributed by atoms with Crippen molar-refractivity contribution in [2.75, 3.05) is 5.32 Å². The quantitative estimate of drug-likeness (QED) is 0.390. The molecule has 0 bridgehead atoms. The standard InChI is InChI=1S/C24H20N6O2/c1-2-5-21(31)26-16-10-15(12-25-13-16)14-8-9-20-18(11-14)22(30-29-20)23-27-19-7-4-3-6-17(19)24(32)28-23/h3-4,6-13H,2,5H2,1H3,(H,26,31)(H,29,30)(H,27,28,32). The van der Waals surface area contributed by atoms with Crippen LogP contribution in [0.15, 0.2) is 65.7 Å².